The van der Waals surface area contributed by atoms with E-state index in [1.807, 2.05) is 0 Å². The van der Waals surface area contributed by atoms with Gasteiger partial charge in [-0.3, -0.25) is 9.59 Å². The molecule has 0 radical (unpaired) electrons. The van der Waals surface area contributed by atoms with Gasteiger partial charge in [-0.25, -0.2) is 0 Å². The molecule has 0 bridgehead atoms. The highest BCUT2D eigenvalue weighted by Gasteiger charge is 2.11. The summed E-state index contributed by atoms with van der Waals surface area (Å²) in [7, 11) is 1.57. The molecule has 0 aliphatic carbocycles. The lowest BCUT2D eigenvalue weighted by Gasteiger charge is -2.08. The first kappa shape index (κ1) is 15.9. The highest BCUT2D eigenvalue weighted by molar-refractivity contribution is 6.33. The number of ether oxygens (including phenoxy) is 1. The number of anilines is 1. The number of nitrogens with one attached hydrogen (secondary N) is 2. The molecule has 2 aromatic carbocycles. The van der Waals surface area contributed by atoms with E-state index in [-0.39, 0.29) is 12.5 Å². The van der Waals surface area contributed by atoms with E-state index in [9.17, 15) is 9.59 Å². The molecule has 2 aromatic rings. The van der Waals surface area contributed by atoms with Gasteiger partial charge in [0.15, 0.2) is 0 Å². The van der Waals surface area contributed by atoms with E-state index in [1.165, 1.54) is 0 Å². The molecule has 0 heterocycles. The van der Waals surface area contributed by atoms with Gasteiger partial charge >= 0.3 is 0 Å². The van der Waals surface area contributed by atoms with E-state index in [0.717, 1.165) is 0 Å². The highest BCUT2D eigenvalue weighted by atomic mass is 35.5. The van der Waals surface area contributed by atoms with Gasteiger partial charge in [0, 0.05) is 5.69 Å². The van der Waals surface area contributed by atoms with Crippen LogP contribution in [0.1, 0.15) is 10.4 Å². The number of halogens is 1. The Hall–Kier alpha value is -2.53. The molecule has 0 aliphatic rings. The molecule has 0 aliphatic heterocycles. The van der Waals surface area contributed by atoms with Crippen LogP contribution in [0, 0.1) is 0 Å². The predicted molar refractivity (Wildman–Crippen MR) is 85.4 cm³/mol. The summed E-state index contributed by atoms with van der Waals surface area (Å²) in [6, 6.07) is 13.6. The van der Waals surface area contributed by atoms with Gasteiger partial charge in [0.25, 0.3) is 5.91 Å². The van der Waals surface area contributed by atoms with Crippen LogP contribution in [0.15, 0.2) is 48.5 Å². The van der Waals surface area contributed by atoms with Gasteiger partial charge in [-0.15, -0.1) is 0 Å². The van der Waals surface area contributed by atoms with E-state index in [2.05, 4.69) is 10.6 Å². The zero-order valence-electron chi connectivity index (χ0n) is 11.9. The minimum absolute atomic E-state index is 0.143. The van der Waals surface area contributed by atoms with Gasteiger partial charge in [-0.2, -0.15) is 0 Å². The lowest BCUT2D eigenvalue weighted by Crippen LogP contribution is -2.32. The number of hydrogen-bond acceptors (Lipinski definition) is 3. The Morgan fingerprint density at radius 2 is 1.77 bits per heavy atom. The highest BCUT2D eigenvalue weighted by Crippen LogP contribution is 2.15. The fourth-order valence-electron chi connectivity index (χ4n) is 1.78. The molecule has 2 rings (SSSR count). The third-order valence-corrected chi connectivity index (χ3v) is 3.23. The number of carbonyl (C=O) groups is 2. The molecular formula is C16H15ClN2O3. The number of rotatable bonds is 5. The molecule has 2 N–H and O–H groups in total. The average Bonchev–Trinajstić information content (AvgIpc) is 2.54. The van der Waals surface area contributed by atoms with Crippen molar-refractivity contribution >= 4 is 29.1 Å². The molecular weight excluding hydrogens is 304 g/mol. The van der Waals surface area contributed by atoms with E-state index in [1.54, 1.807) is 55.6 Å². The van der Waals surface area contributed by atoms with Crippen molar-refractivity contribution < 1.29 is 14.3 Å². The van der Waals surface area contributed by atoms with Gasteiger partial charge in [0.2, 0.25) is 5.91 Å². The molecule has 0 spiro atoms. The number of carbonyl (C=O) groups excluding carboxylic acids is 2. The summed E-state index contributed by atoms with van der Waals surface area (Å²) in [6.07, 6.45) is 0. The first-order chi connectivity index (χ1) is 10.6. The Morgan fingerprint density at radius 1 is 1.09 bits per heavy atom. The van der Waals surface area contributed by atoms with Crippen LogP contribution in [-0.4, -0.2) is 25.5 Å². The van der Waals surface area contributed by atoms with Crippen LogP contribution in [-0.2, 0) is 4.79 Å². The zero-order chi connectivity index (χ0) is 15.9. The Balaban J connectivity index is 1.87. The quantitative estimate of drug-likeness (QED) is 0.890. The van der Waals surface area contributed by atoms with Crippen LogP contribution in [0.4, 0.5) is 5.69 Å². The van der Waals surface area contributed by atoms with Crippen LogP contribution >= 0.6 is 11.6 Å². The summed E-state index contributed by atoms with van der Waals surface area (Å²) in [5.74, 6) is -0.0222. The standard InChI is InChI=1S/C16H15ClN2O3/c1-22-12-8-6-11(7-9-12)19-15(20)10-18-16(21)13-4-2-3-5-14(13)17/h2-9H,10H2,1H3,(H,18,21)(H,19,20). The molecule has 114 valence electrons. The third kappa shape index (κ3) is 4.23. The smallest absolute Gasteiger partial charge is 0.253 e. The first-order valence-corrected chi connectivity index (χ1v) is 6.94. The fraction of sp³-hybridized carbons (Fsp3) is 0.125. The van der Waals surface area contributed by atoms with Gasteiger partial charge < -0.3 is 15.4 Å². The summed E-state index contributed by atoms with van der Waals surface area (Å²) in [4.78, 5) is 23.7. The van der Waals surface area contributed by atoms with Crippen LogP contribution in [0.25, 0.3) is 0 Å². The number of benzene rings is 2. The topological polar surface area (TPSA) is 67.4 Å². The van der Waals surface area contributed by atoms with Crippen molar-refractivity contribution in [3.8, 4) is 5.75 Å². The molecule has 0 fully saturated rings. The second-order valence-electron chi connectivity index (χ2n) is 4.44. The molecule has 5 nitrogen and oxygen atoms in total. The van der Waals surface area contributed by atoms with Crippen molar-refractivity contribution in [2.24, 2.45) is 0 Å². The van der Waals surface area contributed by atoms with Crippen molar-refractivity contribution in [1.29, 1.82) is 0 Å². The van der Waals surface area contributed by atoms with Crippen molar-refractivity contribution in [1.82, 2.24) is 5.32 Å². The minimum Gasteiger partial charge on any atom is -0.497 e. The summed E-state index contributed by atoms with van der Waals surface area (Å²) in [5, 5.41) is 5.54. The lowest BCUT2D eigenvalue weighted by atomic mass is 10.2. The normalized spacial score (nSPS) is 9.91. The van der Waals surface area contributed by atoms with Crippen molar-refractivity contribution in [3.63, 3.8) is 0 Å². The van der Waals surface area contributed by atoms with Crippen LogP contribution in [0.2, 0.25) is 5.02 Å². The van der Waals surface area contributed by atoms with E-state index in [4.69, 9.17) is 16.3 Å². The van der Waals surface area contributed by atoms with Crippen LogP contribution < -0.4 is 15.4 Å². The predicted octanol–water partition coefficient (Wildman–Crippen LogP) is 2.72. The summed E-state index contributed by atoms with van der Waals surface area (Å²) < 4.78 is 5.03. The maximum Gasteiger partial charge on any atom is 0.253 e. The van der Waals surface area contributed by atoms with Crippen molar-refractivity contribution in [2.75, 3.05) is 19.0 Å². The number of methoxy groups -OCH3 is 1. The van der Waals surface area contributed by atoms with E-state index < -0.39 is 5.91 Å². The molecule has 0 unspecified atom stereocenters. The van der Waals surface area contributed by atoms with E-state index >= 15 is 0 Å². The van der Waals surface area contributed by atoms with Gasteiger partial charge in [0.1, 0.15) is 5.75 Å². The van der Waals surface area contributed by atoms with E-state index in [0.29, 0.717) is 22.0 Å². The van der Waals surface area contributed by atoms with Crippen LogP contribution in [0.5, 0.6) is 5.75 Å². The lowest BCUT2D eigenvalue weighted by molar-refractivity contribution is -0.115. The van der Waals surface area contributed by atoms with Gasteiger partial charge in [-0.1, -0.05) is 23.7 Å². The Kier molecular flexibility index (Phi) is 5.38. The Morgan fingerprint density at radius 3 is 2.41 bits per heavy atom. The Bertz CT molecular complexity index is 671. The molecule has 22 heavy (non-hydrogen) atoms. The second kappa shape index (κ2) is 7.47. The molecule has 0 atom stereocenters. The number of hydrogen-bond donors (Lipinski definition) is 2. The summed E-state index contributed by atoms with van der Waals surface area (Å²) in [6.45, 7) is -0.143. The maximum atomic E-state index is 11.9. The average molecular weight is 319 g/mol. The van der Waals surface area contributed by atoms with Crippen molar-refractivity contribution in [2.45, 2.75) is 0 Å². The summed E-state index contributed by atoms with van der Waals surface area (Å²) >= 11 is 5.92. The molecule has 0 saturated carbocycles. The Labute approximate surface area is 133 Å². The SMILES string of the molecule is COc1ccc(NC(=O)CNC(=O)c2ccccc2Cl)cc1. The molecule has 0 saturated heterocycles. The zero-order valence-corrected chi connectivity index (χ0v) is 12.7. The first-order valence-electron chi connectivity index (χ1n) is 6.57. The summed E-state index contributed by atoms with van der Waals surface area (Å²) in [5.41, 5.74) is 0.958. The minimum atomic E-state index is -0.393. The van der Waals surface area contributed by atoms with Crippen LogP contribution in [0.3, 0.4) is 0 Å². The largest absolute Gasteiger partial charge is 0.497 e. The second-order valence-corrected chi connectivity index (χ2v) is 4.85. The van der Waals surface area contributed by atoms with Crippen molar-refractivity contribution in [3.05, 3.63) is 59.1 Å². The fourth-order valence-corrected chi connectivity index (χ4v) is 2.00. The van der Waals surface area contributed by atoms with Gasteiger partial charge in [-0.05, 0) is 36.4 Å². The number of amides is 2. The monoisotopic (exact) mass is 318 g/mol. The maximum absolute atomic E-state index is 11.9. The third-order valence-electron chi connectivity index (χ3n) is 2.90. The molecule has 2 amide bonds. The molecule has 6 heteroatoms. The molecule has 0 aromatic heterocycles. The van der Waals surface area contributed by atoms with Gasteiger partial charge in [0.05, 0.1) is 24.2 Å².